The number of hydrogen-bond acceptors (Lipinski definition) is 15. The summed E-state index contributed by atoms with van der Waals surface area (Å²) in [5, 5.41) is 10.6. The van der Waals surface area contributed by atoms with Crippen LogP contribution in [0, 0.1) is 0 Å². The van der Waals surface area contributed by atoms with Crippen LogP contribution in [-0.2, 0) is 65.4 Å². The van der Waals surface area contributed by atoms with E-state index in [1.54, 1.807) is 0 Å². The van der Waals surface area contributed by atoms with Crippen LogP contribution in [0.3, 0.4) is 0 Å². The molecule has 0 aromatic carbocycles. The Morgan fingerprint density at radius 1 is 0.296 bits per heavy atom. The quantitative estimate of drug-likeness (QED) is 0.0169. The van der Waals surface area contributed by atoms with E-state index in [1.807, 2.05) is 0 Å². The molecule has 17 nitrogen and oxygen atoms in total. The van der Waals surface area contributed by atoms with Crippen molar-refractivity contribution >= 4 is 39.5 Å². The molecule has 0 rings (SSSR count). The molecule has 19 heteroatoms. The maximum atomic E-state index is 13.1. The van der Waals surface area contributed by atoms with Crippen molar-refractivity contribution in [2.75, 3.05) is 39.6 Å². The Balaban J connectivity index is 5.32. The third-order valence-electron chi connectivity index (χ3n) is 16.7. The highest BCUT2D eigenvalue weighted by Gasteiger charge is 2.30. The van der Waals surface area contributed by atoms with Crippen molar-refractivity contribution in [1.29, 1.82) is 0 Å². The largest absolute Gasteiger partial charge is 0.472 e. The molecule has 570 valence electrons. The van der Waals surface area contributed by atoms with Crippen LogP contribution < -0.4 is 0 Å². The number of carbonyl (C=O) groups is 4. The van der Waals surface area contributed by atoms with Crippen molar-refractivity contribution in [2.45, 2.75) is 367 Å². The Morgan fingerprint density at radius 3 is 0.867 bits per heavy atom. The molecule has 0 saturated heterocycles. The Kier molecular flexibility index (Phi) is 69.3. The molecular formula is C79H142O17P2. The standard InChI is InChI=1S/C79H142O17P2/c1-5-9-13-17-21-25-29-32-34-35-36-37-39-41-45-48-52-56-60-64-77(82)90-70-75(96-79(84)66-62-58-54-50-46-42-38-33-30-26-22-18-14-10-6-2)72-94-98(87,88)92-68-73(80)67-91-97(85,86)93-71-74(95-78(83)65-61-57-53-49-43-28-24-20-16-12-8-4)69-89-76(81)63-59-55-51-47-44-40-31-27-23-19-15-11-7-3/h9,13,20-21,24-25,32,34,36-37,41,45,73-75,80H,5-8,10-12,14-19,22-23,26-31,33,35,38-40,42-44,46-72H2,1-4H3,(H,85,86)(H,87,88)/b13-9-,24-20-,25-21-,34-32-,37-36-,45-41-. The zero-order chi connectivity index (χ0) is 71.8. The Hall–Kier alpha value is -3.50. The second-order valence-electron chi connectivity index (χ2n) is 26.3. The number of allylic oxidation sites excluding steroid dienone is 12. The van der Waals surface area contributed by atoms with Gasteiger partial charge in [0.25, 0.3) is 0 Å². The van der Waals surface area contributed by atoms with Gasteiger partial charge < -0.3 is 33.8 Å². The van der Waals surface area contributed by atoms with Crippen LogP contribution in [0.15, 0.2) is 72.9 Å². The second kappa shape index (κ2) is 71.9. The average molecular weight is 1430 g/mol. The van der Waals surface area contributed by atoms with Gasteiger partial charge in [-0.05, 0) is 89.9 Å². The number of esters is 4. The van der Waals surface area contributed by atoms with E-state index >= 15 is 0 Å². The number of aliphatic hydroxyl groups excluding tert-OH is 1. The molecule has 0 radical (unpaired) electrons. The molecule has 5 atom stereocenters. The molecule has 98 heavy (non-hydrogen) atoms. The number of rotatable bonds is 74. The third-order valence-corrected chi connectivity index (χ3v) is 18.6. The van der Waals surface area contributed by atoms with Crippen LogP contribution in [0.2, 0.25) is 0 Å². The molecule has 0 fully saturated rings. The lowest BCUT2D eigenvalue weighted by atomic mass is 10.0. The number of hydrogen-bond donors (Lipinski definition) is 3. The summed E-state index contributed by atoms with van der Waals surface area (Å²) in [5.41, 5.74) is 0. The molecular weight excluding hydrogens is 1280 g/mol. The fraction of sp³-hybridized carbons (Fsp3) is 0.797. The minimum atomic E-state index is -4.98. The number of phosphoric ester groups is 2. The van der Waals surface area contributed by atoms with Crippen LogP contribution in [0.1, 0.15) is 349 Å². The molecule has 0 aromatic rings. The van der Waals surface area contributed by atoms with Gasteiger partial charge >= 0.3 is 39.5 Å². The monoisotopic (exact) mass is 1420 g/mol. The molecule has 0 heterocycles. The first kappa shape index (κ1) is 94.5. The van der Waals surface area contributed by atoms with Crippen molar-refractivity contribution in [3.63, 3.8) is 0 Å². The molecule has 0 bridgehead atoms. The molecule has 0 aromatic heterocycles. The summed E-state index contributed by atoms with van der Waals surface area (Å²) in [6, 6.07) is 0. The minimum absolute atomic E-state index is 0.0887. The van der Waals surface area contributed by atoms with Gasteiger partial charge in [-0.3, -0.25) is 37.3 Å². The molecule has 0 amide bonds. The second-order valence-corrected chi connectivity index (χ2v) is 29.2. The highest BCUT2D eigenvalue weighted by atomic mass is 31.2. The van der Waals surface area contributed by atoms with Crippen molar-refractivity contribution in [1.82, 2.24) is 0 Å². The number of ether oxygens (including phenoxy) is 4. The van der Waals surface area contributed by atoms with Crippen LogP contribution in [0.5, 0.6) is 0 Å². The SMILES string of the molecule is CC/C=C\C/C=C\C/C=C\C/C=C\C/C=C\CCCCCC(=O)OCC(COP(=O)(O)OCC(O)COP(=O)(O)OCC(COC(=O)CCCCCCCCCCCCCCC)OC(=O)CCCCCCC/C=C\CCCC)OC(=O)CCCCCCCCCCCCCCCCC. The van der Waals surface area contributed by atoms with E-state index in [0.717, 1.165) is 135 Å². The van der Waals surface area contributed by atoms with Crippen LogP contribution in [0.4, 0.5) is 0 Å². The van der Waals surface area contributed by atoms with Gasteiger partial charge in [0.05, 0.1) is 26.4 Å². The molecule has 0 spiro atoms. The average Bonchev–Trinajstić information content (AvgIpc) is 0.992. The van der Waals surface area contributed by atoms with Crippen LogP contribution >= 0.6 is 15.6 Å². The van der Waals surface area contributed by atoms with E-state index in [4.69, 9.17) is 37.0 Å². The van der Waals surface area contributed by atoms with E-state index in [-0.39, 0.29) is 25.7 Å². The fourth-order valence-electron chi connectivity index (χ4n) is 10.7. The van der Waals surface area contributed by atoms with Crippen molar-refractivity contribution < 1.29 is 80.2 Å². The van der Waals surface area contributed by atoms with E-state index in [0.29, 0.717) is 25.7 Å². The van der Waals surface area contributed by atoms with Crippen LogP contribution in [-0.4, -0.2) is 96.7 Å². The Labute approximate surface area is 596 Å². The first-order valence-corrected chi connectivity index (χ1v) is 42.2. The fourth-order valence-corrected chi connectivity index (χ4v) is 12.3. The predicted molar refractivity (Wildman–Crippen MR) is 400 cm³/mol. The summed E-state index contributed by atoms with van der Waals surface area (Å²) in [6.45, 7) is 4.73. The normalized spacial score (nSPS) is 14.3. The first-order valence-electron chi connectivity index (χ1n) is 39.2. The summed E-state index contributed by atoms with van der Waals surface area (Å²) in [6.07, 6.45) is 71.8. The number of aliphatic hydroxyl groups is 1. The molecule has 5 unspecified atom stereocenters. The van der Waals surface area contributed by atoms with E-state index in [9.17, 15) is 43.2 Å². The van der Waals surface area contributed by atoms with Gasteiger partial charge in [-0.25, -0.2) is 9.13 Å². The third kappa shape index (κ3) is 70.9. The molecule has 0 aliphatic carbocycles. The lowest BCUT2D eigenvalue weighted by molar-refractivity contribution is -0.161. The van der Waals surface area contributed by atoms with Crippen molar-refractivity contribution in [3.8, 4) is 0 Å². The van der Waals surface area contributed by atoms with Gasteiger partial charge in [-0.1, -0.05) is 306 Å². The van der Waals surface area contributed by atoms with Crippen LogP contribution in [0.25, 0.3) is 0 Å². The van der Waals surface area contributed by atoms with Gasteiger partial charge in [0.2, 0.25) is 0 Å². The van der Waals surface area contributed by atoms with E-state index < -0.39 is 97.5 Å². The summed E-state index contributed by atoms with van der Waals surface area (Å²) < 4.78 is 68.5. The summed E-state index contributed by atoms with van der Waals surface area (Å²) in [4.78, 5) is 72.8. The number of unbranched alkanes of at least 4 members (excludes halogenated alkanes) is 36. The highest BCUT2D eigenvalue weighted by molar-refractivity contribution is 7.47. The predicted octanol–water partition coefficient (Wildman–Crippen LogP) is 22.4. The van der Waals surface area contributed by atoms with Gasteiger partial charge in [0, 0.05) is 25.7 Å². The summed E-state index contributed by atoms with van der Waals surface area (Å²) in [5.74, 6) is -2.19. The first-order chi connectivity index (χ1) is 47.7. The lowest BCUT2D eigenvalue weighted by Crippen LogP contribution is -2.30. The molecule has 0 saturated carbocycles. The molecule has 0 aliphatic rings. The number of phosphoric acid groups is 2. The highest BCUT2D eigenvalue weighted by Crippen LogP contribution is 2.45. The van der Waals surface area contributed by atoms with Gasteiger partial charge in [-0.15, -0.1) is 0 Å². The summed E-state index contributed by atoms with van der Waals surface area (Å²) in [7, 11) is -9.94. The number of carbonyl (C=O) groups excluding carboxylic acids is 4. The van der Waals surface area contributed by atoms with Gasteiger partial charge in [0.1, 0.15) is 19.3 Å². The van der Waals surface area contributed by atoms with E-state index in [1.165, 1.54) is 135 Å². The molecule has 0 aliphatic heterocycles. The minimum Gasteiger partial charge on any atom is -0.462 e. The van der Waals surface area contributed by atoms with Crippen molar-refractivity contribution in [3.05, 3.63) is 72.9 Å². The summed E-state index contributed by atoms with van der Waals surface area (Å²) >= 11 is 0. The van der Waals surface area contributed by atoms with Crippen molar-refractivity contribution in [2.24, 2.45) is 0 Å². The lowest BCUT2D eigenvalue weighted by Gasteiger charge is -2.21. The molecule has 3 N–H and O–H groups in total. The Bertz CT molecular complexity index is 2140. The van der Waals surface area contributed by atoms with Gasteiger partial charge in [-0.2, -0.15) is 0 Å². The zero-order valence-corrected chi connectivity index (χ0v) is 64.0. The smallest absolute Gasteiger partial charge is 0.462 e. The van der Waals surface area contributed by atoms with Gasteiger partial charge in [0.15, 0.2) is 12.2 Å². The zero-order valence-electron chi connectivity index (χ0n) is 62.2. The maximum Gasteiger partial charge on any atom is 0.472 e. The Morgan fingerprint density at radius 2 is 0.541 bits per heavy atom. The maximum absolute atomic E-state index is 13.1. The van der Waals surface area contributed by atoms with E-state index in [2.05, 4.69) is 101 Å². The topological polar surface area (TPSA) is 237 Å².